The van der Waals surface area contributed by atoms with Crippen LogP contribution in [-0.4, -0.2) is 65.5 Å². The molecule has 2 amide bonds. The number of urea groups is 1. The van der Waals surface area contributed by atoms with Crippen molar-refractivity contribution in [3.63, 3.8) is 0 Å². The molecule has 136 valence electrons. The summed E-state index contributed by atoms with van der Waals surface area (Å²) in [4.78, 5) is 16.3. The minimum Gasteiger partial charge on any atom is -0.323 e. The van der Waals surface area contributed by atoms with Crippen LogP contribution in [-0.2, 0) is 10.0 Å². The van der Waals surface area contributed by atoms with Crippen molar-refractivity contribution in [3.8, 4) is 0 Å². The number of hydrogen-bond donors (Lipinski definition) is 3. The van der Waals surface area contributed by atoms with Crippen molar-refractivity contribution in [1.82, 2.24) is 25.4 Å². The largest absolute Gasteiger partial charge is 0.323 e. The smallest absolute Gasteiger partial charge is 0.322 e. The van der Waals surface area contributed by atoms with Crippen LogP contribution in [0.4, 0.5) is 4.79 Å². The minimum absolute atomic E-state index is 0.0149. The molecule has 4 fully saturated rings. The highest BCUT2D eigenvalue weighted by Crippen LogP contribution is 2.40. The van der Waals surface area contributed by atoms with Crippen LogP contribution in [0.25, 0.3) is 0 Å². The van der Waals surface area contributed by atoms with Gasteiger partial charge in [-0.15, -0.1) is 11.8 Å². The number of hydrazine groups is 1. The molecule has 0 aromatic carbocycles. The Balaban J connectivity index is 1.53. The first-order valence-corrected chi connectivity index (χ1v) is 11.1. The third kappa shape index (κ3) is 2.82. The minimum atomic E-state index is -3.35. The lowest BCUT2D eigenvalue weighted by molar-refractivity contribution is 0.171. The van der Waals surface area contributed by atoms with E-state index < -0.39 is 15.3 Å². The number of nitrogens with zero attached hydrogens (tertiary/aromatic N) is 2. The summed E-state index contributed by atoms with van der Waals surface area (Å²) in [5.74, 6) is 0.733. The quantitative estimate of drug-likeness (QED) is 0.650. The van der Waals surface area contributed by atoms with E-state index >= 15 is 0 Å². The summed E-state index contributed by atoms with van der Waals surface area (Å²) in [5, 5.41) is -0.419. The van der Waals surface area contributed by atoms with Gasteiger partial charge in [0, 0.05) is 12.6 Å². The average Bonchev–Trinajstić information content (AvgIpc) is 2.96. The molecule has 0 aromatic heterocycles. The molecule has 0 aromatic rings. The van der Waals surface area contributed by atoms with Crippen LogP contribution in [0, 0.1) is 0 Å². The van der Waals surface area contributed by atoms with Crippen molar-refractivity contribution in [2.24, 2.45) is 0 Å². The molecule has 4 unspecified atom stereocenters. The summed E-state index contributed by atoms with van der Waals surface area (Å²) in [7, 11) is -1.52. The fraction of sp³-hybridized carbons (Fsp3) is 0.929. The molecule has 0 radical (unpaired) electrons. The zero-order chi connectivity index (χ0) is 17.1. The first-order valence-electron chi connectivity index (χ1n) is 8.49. The number of carbonyl (C=O) groups is 1. The molecule has 2 heterocycles. The monoisotopic (exact) mass is 375 g/mol. The van der Waals surface area contributed by atoms with Crippen LogP contribution in [0.5, 0.6) is 0 Å². The molecule has 4 aliphatic rings. The molecular formula is C14H25N5O3S2. The second-order valence-corrected chi connectivity index (χ2v) is 10.6. The highest BCUT2D eigenvalue weighted by Gasteiger charge is 2.53. The number of sulfonamides is 1. The lowest BCUT2D eigenvalue weighted by atomic mass is 9.90. The molecule has 2 aliphatic carbocycles. The Morgan fingerprint density at radius 1 is 1.29 bits per heavy atom. The normalized spacial score (nSPS) is 38.5. The first-order chi connectivity index (χ1) is 11.3. The Bertz CT molecular complexity index is 632. The Morgan fingerprint density at radius 2 is 2.04 bits per heavy atom. The lowest BCUT2D eigenvalue weighted by Crippen LogP contribution is -2.53. The standard InChI is InChI=1S/C14H25N5O3S2/c1-14(5-6-14)17-24(21,22)9-3-4-10-11(7-9)19(13(20)18(10)2)12-16-15-8-23-12/h9-12,15-17H,3-8H2,1-2H3. The average molecular weight is 376 g/mol. The van der Waals surface area contributed by atoms with Gasteiger partial charge in [0.05, 0.1) is 23.2 Å². The summed E-state index contributed by atoms with van der Waals surface area (Å²) < 4.78 is 28.4. The number of carbonyl (C=O) groups excluding carboxylic acids is 1. The Hall–Kier alpha value is -0.550. The predicted molar refractivity (Wildman–Crippen MR) is 92.4 cm³/mol. The SMILES string of the molecule is CN1C(=O)N(C2NNCS2)C2CC(S(=O)(=O)NC3(C)CC3)CCC21. The van der Waals surface area contributed by atoms with E-state index in [1.54, 1.807) is 16.7 Å². The molecule has 2 aliphatic heterocycles. The number of fused-ring (bicyclic) bond motifs is 1. The highest BCUT2D eigenvalue weighted by molar-refractivity contribution is 8.00. The van der Waals surface area contributed by atoms with Crippen molar-refractivity contribution < 1.29 is 13.2 Å². The third-order valence-corrected chi connectivity index (χ3v) is 8.78. The van der Waals surface area contributed by atoms with Crippen molar-refractivity contribution >= 4 is 27.8 Å². The zero-order valence-corrected chi connectivity index (χ0v) is 15.6. The van der Waals surface area contributed by atoms with Gasteiger partial charge in [0.15, 0.2) is 0 Å². The van der Waals surface area contributed by atoms with Crippen LogP contribution in [0.2, 0.25) is 0 Å². The molecule has 0 bridgehead atoms. The van der Waals surface area contributed by atoms with E-state index in [9.17, 15) is 13.2 Å². The molecular weight excluding hydrogens is 350 g/mol. The van der Waals surface area contributed by atoms with Gasteiger partial charge in [-0.3, -0.25) is 4.90 Å². The number of nitrogens with one attached hydrogen (secondary N) is 3. The molecule has 2 saturated heterocycles. The summed E-state index contributed by atoms with van der Waals surface area (Å²) in [6.45, 7) is 1.96. The molecule has 0 spiro atoms. The zero-order valence-electron chi connectivity index (χ0n) is 14.0. The van der Waals surface area contributed by atoms with Gasteiger partial charge in [-0.05, 0) is 39.0 Å². The van der Waals surface area contributed by atoms with Crippen LogP contribution in [0.3, 0.4) is 0 Å². The summed E-state index contributed by atoms with van der Waals surface area (Å²) in [5.41, 5.74) is 5.76. The van der Waals surface area contributed by atoms with Gasteiger partial charge in [0.2, 0.25) is 10.0 Å². The maximum Gasteiger partial charge on any atom is 0.322 e. The van der Waals surface area contributed by atoms with Gasteiger partial charge < -0.3 is 4.90 Å². The molecule has 3 N–H and O–H groups in total. The number of rotatable bonds is 4. The van der Waals surface area contributed by atoms with Crippen LogP contribution >= 0.6 is 11.8 Å². The highest BCUT2D eigenvalue weighted by atomic mass is 32.2. The number of thioether (sulfide) groups is 1. The van der Waals surface area contributed by atoms with Gasteiger partial charge in [-0.2, -0.15) is 0 Å². The topological polar surface area (TPSA) is 93.8 Å². The maximum absolute atomic E-state index is 12.8. The number of amides is 2. The molecule has 24 heavy (non-hydrogen) atoms. The van der Waals surface area contributed by atoms with E-state index in [1.165, 1.54) is 0 Å². The Morgan fingerprint density at radius 3 is 2.67 bits per heavy atom. The Kier molecular flexibility index (Phi) is 4.03. The summed E-state index contributed by atoms with van der Waals surface area (Å²) in [6.07, 6.45) is 3.67. The van der Waals surface area contributed by atoms with E-state index in [4.69, 9.17) is 0 Å². The fourth-order valence-corrected chi connectivity index (χ4v) is 6.88. The molecule has 4 rings (SSSR count). The van der Waals surface area contributed by atoms with Crippen molar-refractivity contribution in [2.75, 3.05) is 12.9 Å². The summed E-state index contributed by atoms with van der Waals surface area (Å²) in [6, 6.07) is 0.0251. The second-order valence-electron chi connectivity index (χ2n) is 7.56. The van der Waals surface area contributed by atoms with E-state index in [2.05, 4.69) is 15.6 Å². The lowest BCUT2D eigenvalue weighted by Gasteiger charge is -2.37. The van der Waals surface area contributed by atoms with E-state index in [0.29, 0.717) is 12.8 Å². The molecule has 10 heteroatoms. The van der Waals surface area contributed by atoms with Crippen LogP contribution in [0.1, 0.15) is 39.0 Å². The van der Waals surface area contributed by atoms with Gasteiger partial charge in [-0.25, -0.2) is 28.8 Å². The van der Waals surface area contributed by atoms with Gasteiger partial charge in [0.25, 0.3) is 0 Å². The van der Waals surface area contributed by atoms with Gasteiger partial charge in [-0.1, -0.05) is 0 Å². The van der Waals surface area contributed by atoms with Crippen molar-refractivity contribution in [2.45, 2.75) is 67.4 Å². The predicted octanol–water partition coefficient (Wildman–Crippen LogP) is 0.198. The van der Waals surface area contributed by atoms with E-state index in [0.717, 1.165) is 25.1 Å². The number of likely N-dealkylation sites (N-methyl/N-ethyl adjacent to an activating group) is 1. The maximum atomic E-state index is 12.8. The number of hydrogen-bond acceptors (Lipinski definition) is 6. The van der Waals surface area contributed by atoms with E-state index in [1.807, 2.05) is 18.9 Å². The van der Waals surface area contributed by atoms with Crippen LogP contribution in [0.15, 0.2) is 0 Å². The van der Waals surface area contributed by atoms with Crippen molar-refractivity contribution in [1.29, 1.82) is 0 Å². The summed E-state index contributed by atoms with van der Waals surface area (Å²) >= 11 is 1.62. The second kappa shape index (κ2) is 5.73. The van der Waals surface area contributed by atoms with E-state index in [-0.39, 0.29) is 29.2 Å². The van der Waals surface area contributed by atoms with Crippen LogP contribution < -0.4 is 15.6 Å². The van der Waals surface area contributed by atoms with Gasteiger partial charge >= 0.3 is 6.03 Å². The molecule has 2 saturated carbocycles. The fourth-order valence-electron chi connectivity index (χ4n) is 4.02. The molecule has 4 atom stereocenters. The van der Waals surface area contributed by atoms with Crippen molar-refractivity contribution in [3.05, 3.63) is 0 Å². The molecule has 8 nitrogen and oxygen atoms in total. The Labute approximate surface area is 147 Å². The third-order valence-electron chi connectivity index (χ3n) is 5.73. The first kappa shape index (κ1) is 16.9. The van der Waals surface area contributed by atoms with Gasteiger partial charge in [0.1, 0.15) is 5.50 Å².